The number of aliphatic imine (C=N–C) groups is 1. The van der Waals surface area contributed by atoms with E-state index in [1.807, 2.05) is 0 Å². The molecule has 0 unspecified atom stereocenters. The van der Waals surface area contributed by atoms with Crippen molar-refractivity contribution in [3.63, 3.8) is 0 Å². The lowest BCUT2D eigenvalue weighted by Gasteiger charge is -2.28. The van der Waals surface area contributed by atoms with Crippen LogP contribution in [0.3, 0.4) is 0 Å². The molecule has 0 bridgehead atoms. The van der Waals surface area contributed by atoms with Crippen LogP contribution in [0.4, 0.5) is 0 Å². The van der Waals surface area contributed by atoms with Gasteiger partial charge in [-0.15, -0.1) is 0 Å². The maximum absolute atomic E-state index is 9.78. The molecule has 0 aliphatic heterocycles. The highest BCUT2D eigenvalue weighted by atomic mass is 28.2. The molecule has 7 heteroatoms. The van der Waals surface area contributed by atoms with Crippen LogP contribution < -0.4 is 0 Å². The Morgan fingerprint density at radius 3 is 2.38 bits per heavy atom. The van der Waals surface area contributed by atoms with Crippen molar-refractivity contribution >= 4 is 15.8 Å². The summed E-state index contributed by atoms with van der Waals surface area (Å²) in [5.74, 6) is -1.10. The van der Waals surface area contributed by atoms with Crippen molar-refractivity contribution in [2.45, 2.75) is 18.4 Å². The summed E-state index contributed by atoms with van der Waals surface area (Å²) in [7, 11) is 3.84. The maximum atomic E-state index is 9.78. The molecular formula is C9H19NO5Si. The lowest BCUT2D eigenvalue weighted by atomic mass is 10.5. The Labute approximate surface area is 97.9 Å². The number of rotatable bonds is 10. The van der Waals surface area contributed by atoms with E-state index in [-0.39, 0.29) is 6.61 Å². The minimum Gasteiger partial charge on any atom is -0.416 e. The Morgan fingerprint density at radius 1 is 1.25 bits per heavy atom. The van der Waals surface area contributed by atoms with E-state index in [9.17, 15) is 4.79 Å². The molecule has 16 heavy (non-hydrogen) atoms. The van der Waals surface area contributed by atoms with Gasteiger partial charge < -0.3 is 18.6 Å². The van der Waals surface area contributed by atoms with Gasteiger partial charge in [-0.1, -0.05) is 0 Å². The van der Waals surface area contributed by atoms with E-state index in [2.05, 4.69) is 4.99 Å². The topological polar surface area (TPSA) is 66.4 Å². The first-order chi connectivity index (χ1) is 7.74. The normalized spacial score (nSPS) is 11.9. The second kappa shape index (κ2) is 9.65. The quantitative estimate of drug-likeness (QED) is 0.177. The molecule has 0 aromatic carbocycles. The van der Waals surface area contributed by atoms with Gasteiger partial charge in [0.2, 0.25) is 6.08 Å². The van der Waals surface area contributed by atoms with E-state index in [1.54, 1.807) is 0 Å². The van der Waals surface area contributed by atoms with Gasteiger partial charge in [-0.25, -0.2) is 9.79 Å². The molecule has 0 aliphatic rings. The van der Waals surface area contributed by atoms with Crippen molar-refractivity contribution in [2.75, 3.05) is 34.5 Å². The SMILES string of the molecule is COC(CO[SiH2]CCCN=C=O)(OC)OC. The van der Waals surface area contributed by atoms with Crippen molar-refractivity contribution in [2.24, 2.45) is 4.99 Å². The van der Waals surface area contributed by atoms with Gasteiger partial charge in [0.15, 0.2) is 9.76 Å². The zero-order chi connectivity index (χ0) is 12.3. The Balaban J connectivity index is 3.58. The van der Waals surface area contributed by atoms with Crippen molar-refractivity contribution in [3.05, 3.63) is 0 Å². The summed E-state index contributed by atoms with van der Waals surface area (Å²) >= 11 is 0. The number of methoxy groups -OCH3 is 3. The maximum Gasteiger partial charge on any atom is 0.305 e. The highest BCUT2D eigenvalue weighted by Gasteiger charge is 2.29. The summed E-state index contributed by atoms with van der Waals surface area (Å²) in [6, 6.07) is 0.943. The fraction of sp³-hybridized carbons (Fsp3) is 0.889. The third-order valence-corrected chi connectivity index (χ3v) is 3.37. The molecule has 94 valence electrons. The first kappa shape index (κ1) is 15.4. The third kappa shape index (κ3) is 6.11. The largest absolute Gasteiger partial charge is 0.416 e. The fourth-order valence-electron chi connectivity index (χ4n) is 1.06. The van der Waals surface area contributed by atoms with Gasteiger partial charge >= 0.3 is 5.97 Å². The van der Waals surface area contributed by atoms with Crippen LogP contribution in [-0.2, 0) is 23.4 Å². The number of carbonyl (C=O) groups excluding carboxylic acids is 1. The van der Waals surface area contributed by atoms with Crippen molar-refractivity contribution < 1.29 is 23.4 Å². The van der Waals surface area contributed by atoms with Crippen LogP contribution >= 0.6 is 0 Å². The zero-order valence-corrected chi connectivity index (χ0v) is 11.4. The number of hydrogen-bond donors (Lipinski definition) is 0. The average molecular weight is 249 g/mol. The Hall–Kier alpha value is -0.563. The second-order valence-corrected chi connectivity index (χ2v) is 4.55. The minimum atomic E-state index is -1.10. The summed E-state index contributed by atoms with van der Waals surface area (Å²) in [4.78, 5) is 13.2. The van der Waals surface area contributed by atoms with Crippen LogP contribution in [0.15, 0.2) is 4.99 Å². The van der Waals surface area contributed by atoms with Crippen LogP contribution in [0.5, 0.6) is 0 Å². The standard InChI is InChI=1S/C9H19NO5Si/c1-12-9(13-2,14-3)7-15-16-6-4-5-10-8-11/h4-7,16H2,1-3H3. The van der Waals surface area contributed by atoms with Crippen molar-refractivity contribution in [3.8, 4) is 0 Å². The lowest BCUT2D eigenvalue weighted by molar-refractivity contribution is -0.361. The van der Waals surface area contributed by atoms with Crippen LogP contribution in [-0.4, -0.2) is 56.3 Å². The minimum absolute atomic E-state index is 0.250. The monoisotopic (exact) mass is 249 g/mol. The molecule has 0 aromatic rings. The molecule has 0 spiro atoms. The smallest absolute Gasteiger partial charge is 0.305 e. The number of ether oxygens (including phenoxy) is 3. The first-order valence-corrected chi connectivity index (χ1v) is 6.59. The number of nitrogens with zero attached hydrogens (tertiary/aromatic N) is 1. The molecule has 0 rings (SSSR count). The molecule has 0 saturated heterocycles. The molecule has 0 saturated carbocycles. The molecule has 6 nitrogen and oxygen atoms in total. The molecule has 0 amide bonds. The average Bonchev–Trinajstić information content (AvgIpc) is 2.34. The van der Waals surface area contributed by atoms with Gasteiger partial charge in [-0.2, -0.15) is 0 Å². The van der Waals surface area contributed by atoms with Gasteiger partial charge in [-0.3, -0.25) is 0 Å². The molecule has 0 N–H and O–H groups in total. The van der Waals surface area contributed by atoms with Crippen LogP contribution in [0.2, 0.25) is 6.04 Å². The third-order valence-electron chi connectivity index (χ3n) is 2.08. The number of hydrogen-bond acceptors (Lipinski definition) is 6. The summed E-state index contributed by atoms with van der Waals surface area (Å²) in [5, 5.41) is 0. The van der Waals surface area contributed by atoms with Crippen molar-refractivity contribution in [1.29, 1.82) is 0 Å². The summed E-state index contributed by atoms with van der Waals surface area (Å²) < 4.78 is 20.7. The fourth-order valence-corrected chi connectivity index (χ4v) is 2.09. The first-order valence-electron chi connectivity index (χ1n) is 5.01. The van der Waals surface area contributed by atoms with Gasteiger partial charge in [0, 0.05) is 21.3 Å². The van der Waals surface area contributed by atoms with E-state index < -0.39 is 15.7 Å². The van der Waals surface area contributed by atoms with Gasteiger partial charge in [0.25, 0.3) is 0 Å². The van der Waals surface area contributed by atoms with Crippen molar-refractivity contribution in [1.82, 2.24) is 0 Å². The molecule has 0 heterocycles. The van der Waals surface area contributed by atoms with Crippen LogP contribution in [0, 0.1) is 0 Å². The molecule has 0 atom stereocenters. The van der Waals surface area contributed by atoms with E-state index >= 15 is 0 Å². The molecule has 0 radical (unpaired) electrons. The van der Waals surface area contributed by atoms with E-state index in [4.69, 9.17) is 18.6 Å². The second-order valence-electron chi connectivity index (χ2n) is 3.03. The Morgan fingerprint density at radius 2 is 1.88 bits per heavy atom. The molecular weight excluding hydrogens is 230 g/mol. The van der Waals surface area contributed by atoms with Gasteiger partial charge in [0.1, 0.15) is 6.61 Å². The van der Waals surface area contributed by atoms with Gasteiger partial charge in [0.05, 0.1) is 6.54 Å². The predicted molar refractivity (Wildman–Crippen MR) is 60.7 cm³/mol. The lowest BCUT2D eigenvalue weighted by Crippen LogP contribution is -2.41. The van der Waals surface area contributed by atoms with E-state index in [0.29, 0.717) is 6.54 Å². The Kier molecular flexibility index (Phi) is 9.31. The molecule has 0 aromatic heterocycles. The van der Waals surface area contributed by atoms with E-state index in [1.165, 1.54) is 27.4 Å². The summed E-state index contributed by atoms with van der Waals surface area (Å²) in [6.07, 6.45) is 2.35. The predicted octanol–water partition coefficient (Wildman–Crippen LogP) is -0.176. The molecule has 0 fully saturated rings. The highest BCUT2D eigenvalue weighted by molar-refractivity contribution is 6.27. The van der Waals surface area contributed by atoms with Crippen LogP contribution in [0.25, 0.3) is 0 Å². The summed E-state index contributed by atoms with van der Waals surface area (Å²) in [5.41, 5.74) is 0. The Bertz CT molecular complexity index is 208. The van der Waals surface area contributed by atoms with Gasteiger partial charge in [-0.05, 0) is 12.5 Å². The van der Waals surface area contributed by atoms with Crippen LogP contribution in [0.1, 0.15) is 6.42 Å². The number of isocyanates is 1. The molecule has 0 aliphatic carbocycles. The highest BCUT2D eigenvalue weighted by Crippen LogP contribution is 2.12. The zero-order valence-electron chi connectivity index (χ0n) is 10.0. The van der Waals surface area contributed by atoms with E-state index in [0.717, 1.165) is 12.5 Å². The summed E-state index contributed by atoms with van der Waals surface area (Å²) in [6.45, 7) is 0.767.